The van der Waals surface area contributed by atoms with Crippen LogP contribution in [0.3, 0.4) is 0 Å². The van der Waals surface area contributed by atoms with Crippen molar-refractivity contribution in [1.29, 1.82) is 0 Å². The van der Waals surface area contributed by atoms with Crippen molar-refractivity contribution in [1.82, 2.24) is 9.88 Å². The van der Waals surface area contributed by atoms with Crippen LogP contribution in [0.4, 0.5) is 11.5 Å². The Balaban J connectivity index is 1.40. The molecule has 2 aliphatic heterocycles. The first-order chi connectivity index (χ1) is 14.6. The molecular formula is C23H28N4O3. The molecule has 30 heavy (non-hydrogen) atoms. The lowest BCUT2D eigenvalue weighted by molar-refractivity contribution is -0.148. The molecule has 0 aliphatic carbocycles. The van der Waals surface area contributed by atoms with E-state index in [2.05, 4.69) is 15.2 Å². The van der Waals surface area contributed by atoms with E-state index in [1.807, 2.05) is 41.3 Å². The van der Waals surface area contributed by atoms with Crippen LogP contribution in [0.15, 0.2) is 42.6 Å². The van der Waals surface area contributed by atoms with Crippen LogP contribution >= 0.6 is 0 Å². The number of ether oxygens (including phenoxy) is 1. The number of benzene rings is 1. The number of piperidine rings is 1. The first-order valence-corrected chi connectivity index (χ1v) is 10.5. The van der Waals surface area contributed by atoms with E-state index in [0.29, 0.717) is 18.7 Å². The molecule has 4 rings (SSSR count). The number of carbonyl (C=O) groups is 2. The third kappa shape index (κ3) is 4.62. The highest BCUT2D eigenvalue weighted by atomic mass is 16.5. The summed E-state index contributed by atoms with van der Waals surface area (Å²) in [6.45, 7) is 2.71. The second kappa shape index (κ2) is 9.26. The first kappa shape index (κ1) is 20.3. The number of amides is 1. The number of methoxy groups -OCH3 is 1. The second-order valence-electron chi connectivity index (χ2n) is 7.92. The Labute approximate surface area is 177 Å². The quantitative estimate of drug-likeness (QED) is 0.767. The van der Waals surface area contributed by atoms with E-state index < -0.39 is 6.04 Å². The van der Waals surface area contributed by atoms with Crippen molar-refractivity contribution in [3.8, 4) is 0 Å². The molecule has 1 aromatic carbocycles. The molecule has 1 fully saturated rings. The summed E-state index contributed by atoms with van der Waals surface area (Å²) >= 11 is 0. The van der Waals surface area contributed by atoms with Crippen LogP contribution in [-0.2, 0) is 27.3 Å². The van der Waals surface area contributed by atoms with Crippen molar-refractivity contribution in [2.24, 2.45) is 0 Å². The highest BCUT2D eigenvalue weighted by molar-refractivity contribution is 5.92. The van der Waals surface area contributed by atoms with E-state index in [1.54, 1.807) is 6.20 Å². The zero-order valence-electron chi connectivity index (χ0n) is 17.3. The van der Waals surface area contributed by atoms with Crippen LogP contribution in [0.5, 0.6) is 0 Å². The van der Waals surface area contributed by atoms with E-state index in [9.17, 15) is 9.59 Å². The molecule has 1 saturated heterocycles. The molecule has 158 valence electrons. The fraction of sp³-hybridized carbons (Fsp3) is 0.435. The lowest BCUT2D eigenvalue weighted by Crippen LogP contribution is -2.49. The van der Waals surface area contributed by atoms with Gasteiger partial charge in [0.25, 0.3) is 0 Å². The van der Waals surface area contributed by atoms with Gasteiger partial charge < -0.3 is 15.0 Å². The van der Waals surface area contributed by atoms with E-state index in [0.717, 1.165) is 30.0 Å². The van der Waals surface area contributed by atoms with Crippen LogP contribution < -0.4 is 10.2 Å². The van der Waals surface area contributed by atoms with Gasteiger partial charge in [-0.05, 0) is 48.9 Å². The maximum atomic E-state index is 12.7. The normalized spacial score (nSPS) is 19.1. The lowest BCUT2D eigenvalue weighted by Gasteiger charge is -2.34. The number of carbonyl (C=O) groups excluding carboxylic acids is 2. The van der Waals surface area contributed by atoms with Gasteiger partial charge in [0, 0.05) is 19.6 Å². The number of pyridine rings is 1. The molecule has 1 atom stereocenters. The minimum Gasteiger partial charge on any atom is -0.468 e. The average molecular weight is 409 g/mol. The first-order valence-electron chi connectivity index (χ1n) is 10.5. The Hall–Kier alpha value is -2.93. The Morgan fingerprint density at radius 1 is 1.10 bits per heavy atom. The zero-order chi connectivity index (χ0) is 20.9. The van der Waals surface area contributed by atoms with Crippen LogP contribution in [0.25, 0.3) is 0 Å². The molecule has 1 amide bonds. The van der Waals surface area contributed by atoms with Crippen LogP contribution in [0, 0.1) is 0 Å². The van der Waals surface area contributed by atoms with Crippen molar-refractivity contribution in [2.75, 3.05) is 37.0 Å². The molecule has 2 aromatic rings. The molecule has 7 heteroatoms. The zero-order valence-corrected chi connectivity index (χ0v) is 17.3. The highest BCUT2D eigenvalue weighted by Gasteiger charge is 2.33. The van der Waals surface area contributed by atoms with E-state index >= 15 is 0 Å². The molecular weight excluding hydrogens is 380 g/mol. The summed E-state index contributed by atoms with van der Waals surface area (Å²) in [6.07, 6.45) is 5.91. The van der Waals surface area contributed by atoms with Gasteiger partial charge in [0.1, 0.15) is 11.9 Å². The van der Waals surface area contributed by atoms with Gasteiger partial charge in [0.15, 0.2) is 0 Å². The monoisotopic (exact) mass is 408 g/mol. The van der Waals surface area contributed by atoms with Gasteiger partial charge >= 0.3 is 5.97 Å². The number of anilines is 2. The highest BCUT2D eigenvalue weighted by Crippen LogP contribution is 2.24. The number of aromatic nitrogens is 1. The van der Waals surface area contributed by atoms with Gasteiger partial charge in [-0.3, -0.25) is 14.5 Å². The fourth-order valence-corrected chi connectivity index (χ4v) is 4.27. The Morgan fingerprint density at radius 3 is 2.57 bits per heavy atom. The summed E-state index contributed by atoms with van der Waals surface area (Å²) in [6, 6.07) is 11.4. The number of hydrogen-bond acceptors (Lipinski definition) is 6. The molecule has 0 radical (unpaired) electrons. The van der Waals surface area contributed by atoms with E-state index in [4.69, 9.17) is 4.74 Å². The van der Waals surface area contributed by atoms with Crippen molar-refractivity contribution < 1.29 is 14.3 Å². The van der Waals surface area contributed by atoms with E-state index in [1.165, 1.54) is 26.4 Å². The number of nitrogens with one attached hydrogen (secondary N) is 1. The van der Waals surface area contributed by atoms with Crippen molar-refractivity contribution in [2.45, 2.75) is 38.3 Å². The SMILES string of the molecule is COC(=O)C1Cc2ccccc2CN1CC(=O)Nc1ccc(N2CCCCC2)nc1. The molecule has 1 aromatic heterocycles. The number of nitrogens with zero attached hydrogens (tertiary/aromatic N) is 3. The van der Waals surface area contributed by atoms with Crippen molar-refractivity contribution >= 4 is 23.4 Å². The van der Waals surface area contributed by atoms with Crippen molar-refractivity contribution in [3.05, 3.63) is 53.7 Å². The Morgan fingerprint density at radius 2 is 1.87 bits per heavy atom. The van der Waals surface area contributed by atoms with Crippen LogP contribution in [-0.4, -0.2) is 54.5 Å². The maximum absolute atomic E-state index is 12.7. The van der Waals surface area contributed by atoms with Gasteiger partial charge in [0.2, 0.25) is 5.91 Å². The number of esters is 1. The van der Waals surface area contributed by atoms with Gasteiger partial charge in [0.05, 0.1) is 25.5 Å². The summed E-state index contributed by atoms with van der Waals surface area (Å²) in [5.41, 5.74) is 2.92. The molecule has 3 heterocycles. The minimum atomic E-state index is -0.463. The third-order valence-electron chi connectivity index (χ3n) is 5.88. The smallest absolute Gasteiger partial charge is 0.323 e. The number of hydrogen-bond donors (Lipinski definition) is 1. The van der Waals surface area contributed by atoms with Gasteiger partial charge in [-0.25, -0.2) is 4.98 Å². The molecule has 7 nitrogen and oxygen atoms in total. The third-order valence-corrected chi connectivity index (χ3v) is 5.88. The average Bonchev–Trinajstić information content (AvgIpc) is 2.79. The van der Waals surface area contributed by atoms with Gasteiger partial charge in [-0.2, -0.15) is 0 Å². The summed E-state index contributed by atoms with van der Waals surface area (Å²) in [7, 11) is 1.39. The molecule has 1 N–H and O–H groups in total. The van der Waals surface area contributed by atoms with E-state index in [-0.39, 0.29) is 18.4 Å². The standard InChI is InChI=1S/C23H28N4O3/c1-30-23(29)20-13-17-7-3-4-8-18(17)15-27(20)16-22(28)25-19-9-10-21(24-14-19)26-11-5-2-6-12-26/h3-4,7-10,14,20H,2,5-6,11-13,15-16H2,1H3,(H,25,28). The van der Waals surface area contributed by atoms with Crippen LogP contribution in [0.2, 0.25) is 0 Å². The van der Waals surface area contributed by atoms with Crippen molar-refractivity contribution in [3.63, 3.8) is 0 Å². The second-order valence-corrected chi connectivity index (χ2v) is 7.92. The molecule has 0 saturated carbocycles. The van der Waals surface area contributed by atoms with Crippen LogP contribution in [0.1, 0.15) is 30.4 Å². The minimum absolute atomic E-state index is 0.113. The fourth-order valence-electron chi connectivity index (χ4n) is 4.27. The molecule has 0 bridgehead atoms. The predicted molar refractivity (Wildman–Crippen MR) is 115 cm³/mol. The summed E-state index contributed by atoms with van der Waals surface area (Å²) in [4.78, 5) is 33.7. The predicted octanol–water partition coefficient (Wildman–Crippen LogP) is 2.61. The Kier molecular flexibility index (Phi) is 6.28. The molecule has 2 aliphatic rings. The molecule has 1 unspecified atom stereocenters. The maximum Gasteiger partial charge on any atom is 0.323 e. The van der Waals surface area contributed by atoms with Gasteiger partial charge in [-0.1, -0.05) is 24.3 Å². The Bertz CT molecular complexity index is 894. The summed E-state index contributed by atoms with van der Waals surface area (Å²) in [5.74, 6) is 0.465. The largest absolute Gasteiger partial charge is 0.468 e. The molecule has 0 spiro atoms. The summed E-state index contributed by atoms with van der Waals surface area (Å²) < 4.78 is 4.98. The number of rotatable bonds is 5. The lowest BCUT2D eigenvalue weighted by atomic mass is 9.94. The number of fused-ring (bicyclic) bond motifs is 1. The van der Waals surface area contributed by atoms with Gasteiger partial charge in [-0.15, -0.1) is 0 Å². The summed E-state index contributed by atoms with van der Waals surface area (Å²) in [5, 5.41) is 2.91. The topological polar surface area (TPSA) is 74.8 Å².